The highest BCUT2D eigenvalue weighted by Gasteiger charge is 2.63. The Balaban J connectivity index is 1.60. The standard InChI is InChI=1S/C23H33NO2/c1-20(2)18-7-6-15-16(21(18,3)12-14-13-24-26-19(14)20)8-10-22(4)17(15)9-11-23(22,5)25/h7,13,15-17,25H,6,8-12H2,1-5H3/t15-,16-,17+,21-,22+,23+/m0/s1. The van der Waals surface area contributed by atoms with Crippen LogP contribution < -0.4 is 0 Å². The van der Waals surface area contributed by atoms with Gasteiger partial charge in [0.05, 0.1) is 11.8 Å². The molecule has 0 spiro atoms. The SMILES string of the molecule is CC1(C)C2=CC[C@@H]3[C@H]4CC[C@@](C)(O)[C@]4(C)CC[C@@H]3[C@]2(C)Cc2cnoc21. The Kier molecular flexibility index (Phi) is 3.17. The lowest BCUT2D eigenvalue weighted by molar-refractivity contribution is -0.113. The van der Waals surface area contributed by atoms with Crippen molar-refractivity contribution in [3.05, 3.63) is 29.2 Å². The maximum Gasteiger partial charge on any atom is 0.149 e. The first-order chi connectivity index (χ1) is 12.1. The van der Waals surface area contributed by atoms with Crippen LogP contribution in [0.15, 0.2) is 22.4 Å². The molecular weight excluding hydrogens is 322 g/mol. The molecule has 4 aliphatic rings. The van der Waals surface area contributed by atoms with Gasteiger partial charge in [-0.3, -0.25) is 0 Å². The number of aliphatic hydroxyl groups is 1. The predicted octanol–water partition coefficient (Wildman–Crippen LogP) is 5.04. The first kappa shape index (κ1) is 17.0. The van der Waals surface area contributed by atoms with Crippen LogP contribution >= 0.6 is 0 Å². The van der Waals surface area contributed by atoms with Gasteiger partial charge in [-0.2, -0.15) is 0 Å². The summed E-state index contributed by atoms with van der Waals surface area (Å²) < 4.78 is 5.69. The highest BCUT2D eigenvalue weighted by atomic mass is 16.5. The number of hydrogen-bond donors (Lipinski definition) is 1. The van der Waals surface area contributed by atoms with Crippen LogP contribution in [0.4, 0.5) is 0 Å². The van der Waals surface area contributed by atoms with Gasteiger partial charge in [0.15, 0.2) is 0 Å². The normalized spacial score (nSPS) is 48.8. The molecule has 5 rings (SSSR count). The van der Waals surface area contributed by atoms with Crippen molar-refractivity contribution in [1.82, 2.24) is 5.16 Å². The molecule has 2 fully saturated rings. The number of aromatic nitrogens is 1. The van der Waals surface area contributed by atoms with E-state index >= 15 is 0 Å². The second kappa shape index (κ2) is 4.84. The van der Waals surface area contributed by atoms with Gasteiger partial charge >= 0.3 is 0 Å². The van der Waals surface area contributed by atoms with Crippen LogP contribution in [-0.4, -0.2) is 15.9 Å². The molecule has 1 heterocycles. The summed E-state index contributed by atoms with van der Waals surface area (Å²) in [6, 6.07) is 0. The van der Waals surface area contributed by atoms with E-state index in [1.165, 1.54) is 24.8 Å². The average molecular weight is 356 g/mol. The van der Waals surface area contributed by atoms with E-state index in [-0.39, 0.29) is 16.2 Å². The zero-order valence-corrected chi connectivity index (χ0v) is 16.9. The fourth-order valence-corrected chi connectivity index (χ4v) is 7.95. The Morgan fingerprint density at radius 1 is 1.08 bits per heavy atom. The van der Waals surface area contributed by atoms with E-state index in [1.54, 1.807) is 5.57 Å². The van der Waals surface area contributed by atoms with Crippen LogP contribution in [0.2, 0.25) is 0 Å². The smallest absolute Gasteiger partial charge is 0.149 e. The van der Waals surface area contributed by atoms with E-state index in [1.807, 2.05) is 6.20 Å². The third kappa shape index (κ3) is 1.81. The van der Waals surface area contributed by atoms with Gasteiger partial charge in [-0.25, -0.2) is 0 Å². The van der Waals surface area contributed by atoms with E-state index in [0.29, 0.717) is 17.8 Å². The van der Waals surface area contributed by atoms with Crippen LogP contribution in [0.3, 0.4) is 0 Å². The molecule has 4 aliphatic carbocycles. The largest absolute Gasteiger partial charge is 0.390 e. The fraction of sp³-hybridized carbons (Fsp3) is 0.783. The van der Waals surface area contributed by atoms with E-state index in [4.69, 9.17) is 4.52 Å². The summed E-state index contributed by atoms with van der Waals surface area (Å²) in [6.07, 6.45) is 11.3. The third-order valence-electron chi connectivity index (χ3n) is 9.47. The summed E-state index contributed by atoms with van der Waals surface area (Å²) in [5.74, 6) is 3.13. The molecule has 0 radical (unpaired) electrons. The molecule has 3 heteroatoms. The van der Waals surface area contributed by atoms with Crippen molar-refractivity contribution in [1.29, 1.82) is 0 Å². The molecule has 142 valence electrons. The Morgan fingerprint density at radius 2 is 1.81 bits per heavy atom. The zero-order chi connectivity index (χ0) is 18.5. The Hall–Kier alpha value is -1.09. The zero-order valence-electron chi connectivity index (χ0n) is 16.9. The minimum Gasteiger partial charge on any atom is -0.390 e. The van der Waals surface area contributed by atoms with Gasteiger partial charge in [0, 0.05) is 11.0 Å². The molecule has 0 amide bonds. The summed E-state index contributed by atoms with van der Waals surface area (Å²) >= 11 is 0. The monoisotopic (exact) mass is 355 g/mol. The molecule has 26 heavy (non-hydrogen) atoms. The number of fused-ring (bicyclic) bond motifs is 6. The van der Waals surface area contributed by atoms with Crippen molar-refractivity contribution >= 4 is 0 Å². The van der Waals surface area contributed by atoms with Crippen LogP contribution in [0.5, 0.6) is 0 Å². The van der Waals surface area contributed by atoms with Crippen molar-refractivity contribution in [2.75, 3.05) is 0 Å². The number of hydrogen-bond acceptors (Lipinski definition) is 3. The lowest BCUT2D eigenvalue weighted by Crippen LogP contribution is -2.55. The molecule has 3 nitrogen and oxygen atoms in total. The first-order valence-corrected chi connectivity index (χ1v) is 10.5. The van der Waals surface area contributed by atoms with Gasteiger partial charge < -0.3 is 9.63 Å². The second-order valence-corrected chi connectivity index (χ2v) is 10.9. The van der Waals surface area contributed by atoms with Crippen molar-refractivity contribution in [3.8, 4) is 0 Å². The second-order valence-electron chi connectivity index (χ2n) is 10.9. The molecule has 0 aliphatic heterocycles. The van der Waals surface area contributed by atoms with Gasteiger partial charge in [-0.05, 0) is 87.9 Å². The summed E-state index contributed by atoms with van der Waals surface area (Å²) in [4.78, 5) is 0. The fourth-order valence-electron chi connectivity index (χ4n) is 7.95. The highest BCUT2D eigenvalue weighted by molar-refractivity contribution is 5.44. The van der Waals surface area contributed by atoms with Crippen molar-refractivity contribution in [2.45, 2.75) is 84.2 Å². The van der Waals surface area contributed by atoms with Gasteiger partial charge in [-0.15, -0.1) is 0 Å². The van der Waals surface area contributed by atoms with Crippen molar-refractivity contribution < 1.29 is 9.63 Å². The van der Waals surface area contributed by atoms with Crippen LogP contribution in [0.1, 0.15) is 78.0 Å². The van der Waals surface area contributed by atoms with Gasteiger partial charge in [0.25, 0.3) is 0 Å². The molecule has 1 aromatic rings. The summed E-state index contributed by atoms with van der Waals surface area (Å²) in [5.41, 5.74) is 2.60. The molecule has 0 aromatic carbocycles. The molecule has 1 aromatic heterocycles. The molecule has 1 N–H and O–H groups in total. The van der Waals surface area contributed by atoms with Crippen LogP contribution in [-0.2, 0) is 11.8 Å². The van der Waals surface area contributed by atoms with E-state index < -0.39 is 5.60 Å². The summed E-state index contributed by atoms with van der Waals surface area (Å²) in [6.45, 7) is 11.6. The molecule has 0 unspecified atom stereocenters. The third-order valence-corrected chi connectivity index (χ3v) is 9.47. The number of allylic oxidation sites excluding steroid dienone is 2. The lowest BCUT2D eigenvalue weighted by atomic mass is 9.44. The van der Waals surface area contributed by atoms with Crippen LogP contribution in [0.25, 0.3) is 0 Å². The Labute approximate surface area is 157 Å². The van der Waals surface area contributed by atoms with Gasteiger partial charge in [0.2, 0.25) is 0 Å². The lowest BCUT2D eigenvalue weighted by Gasteiger charge is -2.60. The molecule has 0 bridgehead atoms. The van der Waals surface area contributed by atoms with E-state index in [0.717, 1.165) is 25.0 Å². The van der Waals surface area contributed by atoms with Crippen LogP contribution in [0, 0.1) is 28.6 Å². The van der Waals surface area contributed by atoms with Gasteiger partial charge in [0.1, 0.15) is 5.76 Å². The molecule has 2 saturated carbocycles. The average Bonchev–Trinajstić information content (AvgIpc) is 3.10. The van der Waals surface area contributed by atoms with E-state index in [9.17, 15) is 5.11 Å². The summed E-state index contributed by atoms with van der Waals surface area (Å²) in [5, 5.41) is 15.2. The van der Waals surface area contributed by atoms with Crippen molar-refractivity contribution in [3.63, 3.8) is 0 Å². The minimum atomic E-state index is -0.499. The highest BCUT2D eigenvalue weighted by Crippen LogP contribution is 2.68. The quantitative estimate of drug-likeness (QED) is 0.663. The summed E-state index contributed by atoms with van der Waals surface area (Å²) in [7, 11) is 0. The maximum atomic E-state index is 11.1. The van der Waals surface area contributed by atoms with Gasteiger partial charge in [-0.1, -0.05) is 30.7 Å². The minimum absolute atomic E-state index is 0.0638. The van der Waals surface area contributed by atoms with Crippen molar-refractivity contribution in [2.24, 2.45) is 28.6 Å². The maximum absolute atomic E-state index is 11.1. The molecule has 0 saturated heterocycles. The molecular formula is C23H33NO2. The Bertz CT molecular complexity index is 788. The predicted molar refractivity (Wildman–Crippen MR) is 102 cm³/mol. The number of nitrogens with zero attached hydrogens (tertiary/aromatic N) is 1. The topological polar surface area (TPSA) is 46.3 Å². The molecule has 6 atom stereocenters. The number of rotatable bonds is 0. The Morgan fingerprint density at radius 3 is 2.58 bits per heavy atom. The first-order valence-electron chi connectivity index (χ1n) is 10.5. The van der Waals surface area contributed by atoms with E-state index in [2.05, 4.69) is 45.9 Å².